The van der Waals surface area contributed by atoms with Crippen LogP contribution in [-0.2, 0) is 49.4 Å². The normalized spacial score (nSPS) is 26.5. The number of rotatable bonds is 16. The molecule has 3 aromatic carbocycles. The molecule has 0 bridgehead atoms. The minimum Gasteiger partial charge on any atom is -0.504 e. The van der Waals surface area contributed by atoms with Crippen molar-refractivity contribution in [2.24, 2.45) is 11.7 Å². The second kappa shape index (κ2) is 29.4. The molecule has 4 fully saturated rings. The number of β-amino-alcohol motifs (C(OH)–C–C–N with tert-alkyl or cyclic N) is 1. The molecule has 32 heteroatoms. The molecule has 87 heavy (non-hydrogen) atoms. The van der Waals surface area contributed by atoms with Crippen molar-refractivity contribution in [1.29, 1.82) is 0 Å². The number of hydrogen-bond acceptors (Lipinski definition) is 24. The zero-order valence-corrected chi connectivity index (χ0v) is 48.7. The van der Waals surface area contributed by atoms with E-state index in [2.05, 4.69) is 63.2 Å². The number of phenolic OH excluding ortho intramolecular Hbond substituents is 1. The first-order valence-corrected chi connectivity index (χ1v) is 29.4. The highest BCUT2D eigenvalue weighted by Gasteiger charge is 2.50. The van der Waals surface area contributed by atoms with Gasteiger partial charge in [-0.05, 0) is 80.3 Å². The summed E-state index contributed by atoms with van der Waals surface area (Å²) in [4.78, 5) is 117. The first-order valence-electron chi connectivity index (χ1n) is 27.9. The Bertz CT molecular complexity index is 3120. The fourth-order valence-electron chi connectivity index (χ4n) is 10.8. The van der Waals surface area contributed by atoms with E-state index in [-0.39, 0.29) is 29.2 Å². The summed E-state index contributed by atoms with van der Waals surface area (Å²) in [6, 6.07) is 6.05. The van der Waals surface area contributed by atoms with Gasteiger partial charge < -0.3 is 86.9 Å². The Kier molecular flexibility index (Phi) is 22.1. The van der Waals surface area contributed by atoms with Crippen molar-refractivity contribution >= 4 is 76.6 Å². The van der Waals surface area contributed by atoms with E-state index in [0.29, 0.717) is 15.6 Å². The highest BCUT2D eigenvalue weighted by Crippen LogP contribution is 2.34. The maximum atomic E-state index is 14.7. The molecule has 15 N–H and O–H groups in total. The zero-order valence-electron chi connectivity index (χ0n) is 47.0. The van der Waals surface area contributed by atoms with Crippen LogP contribution in [0, 0.1) is 5.92 Å². The van der Waals surface area contributed by atoms with Gasteiger partial charge in [0.05, 0.1) is 43.0 Å². The van der Waals surface area contributed by atoms with Crippen LogP contribution in [0.4, 0.5) is 5.69 Å². The van der Waals surface area contributed by atoms with E-state index in [1.165, 1.54) is 42.9 Å². The fourth-order valence-corrected chi connectivity index (χ4v) is 12.0. The largest absolute Gasteiger partial charge is 0.504 e. The van der Waals surface area contributed by atoms with Gasteiger partial charge in [0.2, 0.25) is 41.4 Å². The SMILES string of the molecule is CC(O)C1NC(=O)[C@@H](NC(=O)c2ccc(-c3nnc(-c4ccc(N5CCCCC5)cc4)s3)cc2)CC(O)CNC(=O)C2C(O)C(C)CN2C(=O)C(C(O)CC(N)=O)NC(=O)C(C(O)Cc2ccc(O)c(OSOOO)c2)NC(=O)C2CC(O)CN2C1=O. The number of piperidine rings is 1. The third-order valence-electron chi connectivity index (χ3n) is 15.5. The third kappa shape index (κ3) is 16.1. The van der Waals surface area contributed by atoms with Gasteiger partial charge in [0.15, 0.2) is 11.5 Å². The number of phenols is 1. The Balaban J connectivity index is 1.09. The zero-order chi connectivity index (χ0) is 62.8. The number of aliphatic hydroxyl groups is 6. The van der Waals surface area contributed by atoms with Crippen LogP contribution in [0.3, 0.4) is 0 Å². The highest BCUT2D eigenvalue weighted by molar-refractivity contribution is 7.90. The quantitative estimate of drug-likeness (QED) is 0.0244. The van der Waals surface area contributed by atoms with Gasteiger partial charge in [-0.2, -0.15) is 0 Å². The number of nitrogens with two attached hydrogens (primary N) is 1. The molecular formula is C55H69N11O19S2. The third-order valence-corrected chi connectivity index (χ3v) is 16.8. The van der Waals surface area contributed by atoms with Crippen molar-refractivity contribution in [2.75, 3.05) is 37.6 Å². The maximum Gasteiger partial charge on any atom is 0.261 e. The Labute approximate surface area is 505 Å². The number of benzene rings is 3. The van der Waals surface area contributed by atoms with Crippen LogP contribution in [-0.4, -0.2) is 214 Å². The standard InChI is InChI=1S/C55H69N11O19S2/c1-26-24-66-45(46(26)74)51(79)57-23-33(68)20-35(58-47(75)29-7-9-30(10-8-29)52-62-63-53(86-52)31-11-13-32(14-12-31)64-16-4-3-5-17-64)48(76)59-42(27(2)67)54(80)65-25-34(69)21-36(65)49(77)60-43(50(78)61-44(55(66)81)39(72)22-41(56)73)38(71)18-28-6-15-37(70)40(19-28)83-87-85-84-82/h6-15,19,26-27,33-36,38-39,42-46,67-72,74,82H,3-5,16-18,20-25H2,1-2H3,(H2,56,73)(H,57,79)(H,58,75)(H,59,76)(H,60,77)(H,61,78)/t26?,27?,33?,34?,35-,36?,38?,39?,42?,43?,44?,45?,46?/m0/s1. The average molecular weight is 1250 g/mol. The first kappa shape index (κ1) is 65.3. The molecule has 0 saturated carbocycles. The van der Waals surface area contributed by atoms with Gasteiger partial charge in [-0.15, -0.1) is 10.2 Å². The molecule has 0 aliphatic carbocycles. The molecule has 470 valence electrons. The van der Waals surface area contributed by atoms with Crippen LogP contribution < -0.4 is 41.4 Å². The number of anilines is 1. The number of carbonyl (C=O) groups is 8. The Hall–Kier alpha value is -7.63. The fraction of sp³-hybridized carbons (Fsp3) is 0.491. The van der Waals surface area contributed by atoms with E-state index in [4.69, 9.17) is 15.2 Å². The van der Waals surface area contributed by atoms with Gasteiger partial charge in [-0.1, -0.05) is 45.8 Å². The Morgan fingerprint density at radius 1 is 0.770 bits per heavy atom. The number of fused-ring (bicyclic) bond motifs is 2. The van der Waals surface area contributed by atoms with Crippen LogP contribution >= 0.6 is 23.7 Å². The minimum absolute atomic E-state index is 0.0170. The smallest absolute Gasteiger partial charge is 0.261 e. The number of nitrogens with one attached hydrogen (secondary N) is 5. The summed E-state index contributed by atoms with van der Waals surface area (Å²) in [6.45, 7) is 2.87. The average Bonchev–Trinajstić information content (AvgIpc) is 2.30. The van der Waals surface area contributed by atoms with Gasteiger partial charge >= 0.3 is 0 Å². The number of aliphatic hydroxyl groups excluding tert-OH is 6. The summed E-state index contributed by atoms with van der Waals surface area (Å²) in [5.41, 5.74) is 8.11. The topological polar surface area (TPSA) is 448 Å². The van der Waals surface area contributed by atoms with Crippen molar-refractivity contribution in [2.45, 2.75) is 132 Å². The monoisotopic (exact) mass is 1250 g/mol. The molecule has 30 nitrogen and oxygen atoms in total. The van der Waals surface area contributed by atoms with Crippen molar-refractivity contribution in [3.05, 3.63) is 77.9 Å². The molecule has 4 aliphatic heterocycles. The van der Waals surface area contributed by atoms with Gasteiger partial charge in [-0.25, -0.2) is 5.26 Å². The van der Waals surface area contributed by atoms with E-state index in [1.54, 1.807) is 12.1 Å². The predicted octanol–water partition coefficient (Wildman–Crippen LogP) is -2.24. The van der Waals surface area contributed by atoms with E-state index in [1.807, 2.05) is 12.1 Å². The summed E-state index contributed by atoms with van der Waals surface area (Å²) in [5, 5.41) is 112. The predicted molar refractivity (Wildman–Crippen MR) is 307 cm³/mol. The molecule has 13 atom stereocenters. The van der Waals surface area contributed by atoms with Gasteiger partial charge in [0.25, 0.3) is 18.2 Å². The van der Waals surface area contributed by atoms with Crippen LogP contribution in [0.5, 0.6) is 11.5 Å². The minimum atomic E-state index is -2.21. The van der Waals surface area contributed by atoms with E-state index in [9.17, 15) is 74.1 Å². The number of hydrogen-bond donors (Lipinski definition) is 14. The van der Waals surface area contributed by atoms with Gasteiger partial charge in [0.1, 0.15) is 46.3 Å². The molecule has 0 radical (unpaired) electrons. The molecule has 4 aromatic rings. The number of primary amides is 1. The summed E-state index contributed by atoms with van der Waals surface area (Å²) in [7, 11) is 0. The van der Waals surface area contributed by atoms with Crippen LogP contribution in [0.1, 0.15) is 68.3 Å². The van der Waals surface area contributed by atoms with Crippen LogP contribution in [0.15, 0.2) is 66.7 Å². The molecule has 4 saturated heterocycles. The molecule has 1 aromatic heterocycles. The van der Waals surface area contributed by atoms with Crippen LogP contribution in [0.2, 0.25) is 0 Å². The highest BCUT2D eigenvalue weighted by atomic mass is 32.2. The lowest BCUT2D eigenvalue weighted by atomic mass is 9.98. The number of carbonyl (C=O) groups excluding carboxylic acids is 8. The second-order valence-electron chi connectivity index (χ2n) is 21.8. The molecule has 5 heterocycles. The summed E-state index contributed by atoms with van der Waals surface area (Å²) >= 11 is 1.38. The Morgan fingerprint density at radius 3 is 2.05 bits per heavy atom. The maximum absolute atomic E-state index is 14.7. The molecule has 8 rings (SSSR count). The van der Waals surface area contributed by atoms with Gasteiger partial charge in [-0.3, -0.25) is 38.4 Å². The number of aromatic nitrogens is 2. The van der Waals surface area contributed by atoms with E-state index < -0.39 is 177 Å². The van der Waals surface area contributed by atoms with Crippen molar-refractivity contribution in [3.8, 4) is 32.6 Å². The molecule has 4 aliphatic rings. The lowest BCUT2D eigenvalue weighted by Gasteiger charge is -2.33. The number of aromatic hydroxyl groups is 1. The molecule has 8 amide bonds. The van der Waals surface area contributed by atoms with Crippen molar-refractivity contribution in [3.63, 3.8) is 0 Å². The van der Waals surface area contributed by atoms with E-state index in [0.717, 1.165) is 66.0 Å². The number of nitrogens with zero attached hydrogens (tertiary/aromatic N) is 5. The first-order chi connectivity index (χ1) is 41.5. The summed E-state index contributed by atoms with van der Waals surface area (Å²) in [6.07, 6.45) is -10.1. The van der Waals surface area contributed by atoms with E-state index >= 15 is 0 Å². The number of amides is 8. The summed E-state index contributed by atoms with van der Waals surface area (Å²) in [5.74, 6) is -11.0. The lowest BCUT2D eigenvalue weighted by Crippen LogP contribution is -2.64. The Morgan fingerprint density at radius 2 is 1.40 bits per heavy atom. The second-order valence-corrected chi connectivity index (χ2v) is 23.3. The molecule has 12 unspecified atom stereocenters. The lowest BCUT2D eigenvalue weighted by molar-refractivity contribution is -0.433. The molecule has 0 spiro atoms. The summed E-state index contributed by atoms with van der Waals surface area (Å²) < 4.78 is 9.30. The molecular weight excluding hydrogens is 1180 g/mol. The van der Waals surface area contributed by atoms with Crippen molar-refractivity contribution in [1.82, 2.24) is 46.6 Å². The van der Waals surface area contributed by atoms with Crippen LogP contribution in [0.25, 0.3) is 21.1 Å². The van der Waals surface area contributed by atoms with Crippen molar-refractivity contribution < 1.29 is 92.9 Å². The van der Waals surface area contributed by atoms with Gasteiger partial charge in [0, 0.05) is 80.3 Å².